The van der Waals surface area contributed by atoms with Crippen LogP contribution in [0.4, 0.5) is 4.39 Å². The monoisotopic (exact) mass is 288 g/mol. The maximum absolute atomic E-state index is 12.9. The maximum atomic E-state index is 12.9. The number of rotatable bonds is 6. The first-order chi connectivity index (χ1) is 8.48. The lowest BCUT2D eigenvalue weighted by Gasteiger charge is -2.24. The lowest BCUT2D eigenvalue weighted by Crippen LogP contribution is -2.40. The zero-order valence-electron chi connectivity index (χ0n) is 11.4. The molecule has 0 aliphatic rings. The third-order valence-electron chi connectivity index (χ3n) is 3.05. The number of amides is 1. The Balaban J connectivity index is 0.00000324. The third-order valence-corrected chi connectivity index (χ3v) is 3.05. The fraction of sp³-hybridized carbons (Fsp3) is 0.500. The molecule has 0 atom stereocenters. The molecule has 0 aliphatic heterocycles. The first kappa shape index (κ1) is 17.9. The van der Waals surface area contributed by atoms with Crippen molar-refractivity contribution >= 4 is 18.3 Å². The van der Waals surface area contributed by atoms with Crippen LogP contribution in [0.1, 0.15) is 32.3 Å². The van der Waals surface area contributed by atoms with Gasteiger partial charge in [-0.1, -0.05) is 12.1 Å². The van der Waals surface area contributed by atoms with Gasteiger partial charge < -0.3 is 11.1 Å². The van der Waals surface area contributed by atoms with E-state index in [4.69, 9.17) is 5.73 Å². The number of unbranched alkanes of at least 4 members (excludes halogenated alkanes) is 1. The molecule has 0 bridgehead atoms. The molecule has 3 nitrogen and oxygen atoms in total. The Morgan fingerprint density at radius 2 is 1.84 bits per heavy atom. The molecular formula is C14H22ClFN2O. The second-order valence-electron chi connectivity index (χ2n) is 4.88. The molecule has 0 unspecified atom stereocenters. The summed E-state index contributed by atoms with van der Waals surface area (Å²) >= 11 is 0. The van der Waals surface area contributed by atoms with Gasteiger partial charge in [-0.3, -0.25) is 4.79 Å². The van der Waals surface area contributed by atoms with Gasteiger partial charge in [0.05, 0.1) is 5.41 Å². The summed E-state index contributed by atoms with van der Waals surface area (Å²) in [5, 5.41) is 2.88. The van der Waals surface area contributed by atoms with Crippen molar-refractivity contribution in [3.63, 3.8) is 0 Å². The lowest BCUT2D eigenvalue weighted by atomic mass is 9.83. The van der Waals surface area contributed by atoms with Crippen molar-refractivity contribution in [2.24, 2.45) is 5.73 Å². The van der Waals surface area contributed by atoms with Gasteiger partial charge in [0.1, 0.15) is 5.82 Å². The zero-order chi connectivity index (χ0) is 13.6. The molecule has 1 amide bonds. The Morgan fingerprint density at radius 1 is 1.26 bits per heavy atom. The SMILES string of the molecule is CC(C)(C(=O)NCCCCN)c1ccc(F)cc1.Cl. The Kier molecular flexibility index (Phi) is 7.64. The minimum atomic E-state index is -0.656. The molecule has 0 aliphatic carbocycles. The summed E-state index contributed by atoms with van der Waals surface area (Å²) in [6.45, 7) is 4.93. The number of halogens is 2. The van der Waals surface area contributed by atoms with E-state index in [1.165, 1.54) is 12.1 Å². The summed E-state index contributed by atoms with van der Waals surface area (Å²) in [5.74, 6) is -0.343. The third kappa shape index (κ3) is 5.17. The molecule has 0 saturated heterocycles. The number of hydrogen-bond donors (Lipinski definition) is 2. The second kappa shape index (κ2) is 8.12. The van der Waals surface area contributed by atoms with Crippen LogP contribution in [0, 0.1) is 5.82 Å². The van der Waals surface area contributed by atoms with E-state index in [9.17, 15) is 9.18 Å². The first-order valence-corrected chi connectivity index (χ1v) is 6.23. The fourth-order valence-electron chi connectivity index (χ4n) is 1.69. The van der Waals surface area contributed by atoms with Crippen LogP contribution in [0.3, 0.4) is 0 Å². The van der Waals surface area contributed by atoms with Crippen molar-refractivity contribution in [2.75, 3.05) is 13.1 Å². The van der Waals surface area contributed by atoms with Crippen LogP contribution in [0.5, 0.6) is 0 Å². The van der Waals surface area contributed by atoms with Gasteiger partial charge in [0.15, 0.2) is 0 Å². The fourth-order valence-corrected chi connectivity index (χ4v) is 1.69. The summed E-state index contributed by atoms with van der Waals surface area (Å²) in [6, 6.07) is 6.04. The van der Waals surface area contributed by atoms with Crippen LogP contribution >= 0.6 is 12.4 Å². The molecule has 0 spiro atoms. The maximum Gasteiger partial charge on any atom is 0.230 e. The van der Waals surface area contributed by atoms with Gasteiger partial charge in [-0.2, -0.15) is 0 Å². The van der Waals surface area contributed by atoms with Crippen molar-refractivity contribution < 1.29 is 9.18 Å². The second-order valence-corrected chi connectivity index (χ2v) is 4.88. The van der Waals surface area contributed by atoms with Crippen LogP contribution in [-0.2, 0) is 10.2 Å². The van der Waals surface area contributed by atoms with Gasteiger partial charge in [0, 0.05) is 6.54 Å². The van der Waals surface area contributed by atoms with E-state index in [2.05, 4.69) is 5.32 Å². The number of nitrogens with one attached hydrogen (secondary N) is 1. The molecule has 0 fully saturated rings. The first-order valence-electron chi connectivity index (χ1n) is 6.23. The minimum absolute atomic E-state index is 0. The van der Waals surface area contributed by atoms with E-state index < -0.39 is 5.41 Å². The molecule has 19 heavy (non-hydrogen) atoms. The van der Waals surface area contributed by atoms with E-state index >= 15 is 0 Å². The van der Waals surface area contributed by atoms with Crippen molar-refractivity contribution in [3.05, 3.63) is 35.6 Å². The van der Waals surface area contributed by atoms with Crippen molar-refractivity contribution in [2.45, 2.75) is 32.1 Å². The standard InChI is InChI=1S/C14H21FN2O.ClH/c1-14(2,11-5-7-12(15)8-6-11)13(18)17-10-4-3-9-16;/h5-8H,3-4,9-10,16H2,1-2H3,(H,17,18);1H. The van der Waals surface area contributed by atoms with Crippen LogP contribution in [0.25, 0.3) is 0 Å². The highest BCUT2D eigenvalue weighted by Crippen LogP contribution is 2.23. The van der Waals surface area contributed by atoms with Crippen LogP contribution in [-0.4, -0.2) is 19.0 Å². The summed E-state index contributed by atoms with van der Waals surface area (Å²) in [6.07, 6.45) is 1.78. The summed E-state index contributed by atoms with van der Waals surface area (Å²) in [4.78, 5) is 12.1. The Bertz CT molecular complexity index is 393. The summed E-state index contributed by atoms with van der Waals surface area (Å²) in [7, 11) is 0. The van der Waals surface area contributed by atoms with Gasteiger partial charge in [0.2, 0.25) is 5.91 Å². The van der Waals surface area contributed by atoms with E-state index in [0.717, 1.165) is 18.4 Å². The molecule has 0 heterocycles. The van der Waals surface area contributed by atoms with Crippen molar-refractivity contribution in [3.8, 4) is 0 Å². The van der Waals surface area contributed by atoms with Crippen LogP contribution in [0.2, 0.25) is 0 Å². The lowest BCUT2D eigenvalue weighted by molar-refractivity contribution is -0.125. The molecular weight excluding hydrogens is 267 g/mol. The highest BCUT2D eigenvalue weighted by atomic mass is 35.5. The topological polar surface area (TPSA) is 55.1 Å². The zero-order valence-corrected chi connectivity index (χ0v) is 12.2. The van der Waals surface area contributed by atoms with E-state index in [1.54, 1.807) is 12.1 Å². The summed E-state index contributed by atoms with van der Waals surface area (Å²) in [5.41, 5.74) is 5.54. The highest BCUT2D eigenvalue weighted by molar-refractivity contribution is 5.87. The molecule has 0 aromatic heterocycles. The quantitative estimate of drug-likeness (QED) is 0.790. The number of benzene rings is 1. The Morgan fingerprint density at radius 3 is 2.37 bits per heavy atom. The van der Waals surface area contributed by atoms with Gasteiger partial charge in [0.25, 0.3) is 0 Å². The Hall–Kier alpha value is -1.13. The van der Waals surface area contributed by atoms with E-state index in [-0.39, 0.29) is 24.1 Å². The normalized spacial score (nSPS) is 10.7. The van der Waals surface area contributed by atoms with E-state index in [1.807, 2.05) is 13.8 Å². The molecule has 0 radical (unpaired) electrons. The average molecular weight is 289 g/mol. The Labute approximate surface area is 120 Å². The van der Waals surface area contributed by atoms with Gasteiger partial charge >= 0.3 is 0 Å². The summed E-state index contributed by atoms with van der Waals surface area (Å²) < 4.78 is 12.9. The molecule has 1 aromatic carbocycles. The van der Waals surface area contributed by atoms with Crippen molar-refractivity contribution in [1.82, 2.24) is 5.32 Å². The molecule has 5 heteroatoms. The predicted octanol–water partition coefficient (Wildman–Crippen LogP) is 2.38. The van der Waals surface area contributed by atoms with E-state index in [0.29, 0.717) is 13.1 Å². The number of hydrogen-bond acceptors (Lipinski definition) is 2. The van der Waals surface area contributed by atoms with Crippen molar-refractivity contribution in [1.29, 1.82) is 0 Å². The largest absolute Gasteiger partial charge is 0.355 e. The predicted molar refractivity (Wildman–Crippen MR) is 78.0 cm³/mol. The van der Waals surface area contributed by atoms with Gasteiger partial charge in [-0.05, 0) is 50.9 Å². The smallest absolute Gasteiger partial charge is 0.230 e. The number of carbonyl (C=O) groups is 1. The minimum Gasteiger partial charge on any atom is -0.355 e. The molecule has 3 N–H and O–H groups in total. The number of nitrogens with two attached hydrogens (primary N) is 1. The number of carbonyl (C=O) groups excluding carboxylic acids is 1. The van der Waals surface area contributed by atoms with Gasteiger partial charge in [-0.15, -0.1) is 12.4 Å². The molecule has 0 saturated carbocycles. The molecule has 1 aromatic rings. The average Bonchev–Trinajstić information content (AvgIpc) is 2.35. The molecule has 108 valence electrons. The molecule has 1 rings (SSSR count). The van der Waals surface area contributed by atoms with Crippen LogP contribution < -0.4 is 11.1 Å². The van der Waals surface area contributed by atoms with Gasteiger partial charge in [-0.25, -0.2) is 4.39 Å². The highest BCUT2D eigenvalue weighted by Gasteiger charge is 2.29. The van der Waals surface area contributed by atoms with Crippen LogP contribution in [0.15, 0.2) is 24.3 Å².